The van der Waals surface area contributed by atoms with Crippen molar-refractivity contribution in [3.8, 4) is 0 Å². The number of hydrogen-bond donors (Lipinski definition) is 1. The number of ether oxygens (including phenoxy) is 1. The molecule has 0 aliphatic rings. The maximum Gasteiger partial charge on any atom is 0.243 e. The second kappa shape index (κ2) is 12.0. The molecule has 1 N–H and O–H groups in total. The van der Waals surface area contributed by atoms with E-state index in [2.05, 4.69) is 5.32 Å². The topological polar surface area (TPSA) is 58.6 Å². The van der Waals surface area contributed by atoms with Gasteiger partial charge in [0, 0.05) is 33.0 Å². The fraction of sp³-hybridized carbons (Fsp3) is 0.391. The minimum absolute atomic E-state index is 0.0975. The lowest BCUT2D eigenvalue weighted by atomic mass is 10.0. The SMILES string of the molecule is CCCC(=O)N(Cc1ccc(F)cc1)[C@@H](Cc1ccccc1)C(=O)NCCOC. The first-order chi connectivity index (χ1) is 14.0. The summed E-state index contributed by atoms with van der Waals surface area (Å²) in [6, 6.07) is 15.0. The highest BCUT2D eigenvalue weighted by Gasteiger charge is 2.29. The summed E-state index contributed by atoms with van der Waals surface area (Å²) in [5, 5.41) is 2.86. The van der Waals surface area contributed by atoms with E-state index in [1.54, 1.807) is 24.1 Å². The Morgan fingerprint density at radius 3 is 2.38 bits per heavy atom. The normalized spacial score (nSPS) is 11.7. The number of rotatable bonds is 11. The van der Waals surface area contributed by atoms with Gasteiger partial charge in [0.15, 0.2) is 0 Å². The number of hydrogen-bond acceptors (Lipinski definition) is 3. The second-order valence-electron chi connectivity index (χ2n) is 6.89. The molecule has 0 spiro atoms. The van der Waals surface area contributed by atoms with Gasteiger partial charge in [-0.1, -0.05) is 49.4 Å². The fourth-order valence-electron chi connectivity index (χ4n) is 3.09. The maximum absolute atomic E-state index is 13.3. The molecule has 2 aromatic carbocycles. The predicted octanol–water partition coefficient (Wildman–Crippen LogP) is 3.33. The Balaban J connectivity index is 2.30. The minimum Gasteiger partial charge on any atom is -0.383 e. The fourth-order valence-corrected chi connectivity index (χ4v) is 3.09. The number of amides is 2. The molecule has 0 radical (unpaired) electrons. The molecule has 156 valence electrons. The van der Waals surface area contributed by atoms with Gasteiger partial charge in [0.25, 0.3) is 0 Å². The van der Waals surface area contributed by atoms with Crippen molar-refractivity contribution in [3.05, 3.63) is 71.5 Å². The van der Waals surface area contributed by atoms with Crippen molar-refractivity contribution in [1.82, 2.24) is 10.2 Å². The third kappa shape index (κ3) is 7.31. The summed E-state index contributed by atoms with van der Waals surface area (Å²) in [4.78, 5) is 27.5. The number of halogens is 1. The zero-order valence-corrected chi connectivity index (χ0v) is 17.1. The van der Waals surface area contributed by atoms with Gasteiger partial charge < -0.3 is 15.0 Å². The molecule has 0 heterocycles. The van der Waals surface area contributed by atoms with E-state index >= 15 is 0 Å². The highest BCUT2D eigenvalue weighted by atomic mass is 19.1. The summed E-state index contributed by atoms with van der Waals surface area (Å²) in [6.45, 7) is 2.94. The smallest absolute Gasteiger partial charge is 0.243 e. The van der Waals surface area contributed by atoms with E-state index in [0.717, 1.165) is 11.1 Å². The van der Waals surface area contributed by atoms with E-state index in [9.17, 15) is 14.0 Å². The number of benzene rings is 2. The monoisotopic (exact) mass is 400 g/mol. The average Bonchev–Trinajstić information content (AvgIpc) is 2.73. The lowest BCUT2D eigenvalue weighted by Crippen LogP contribution is -2.51. The third-order valence-corrected chi connectivity index (χ3v) is 4.61. The molecule has 0 saturated heterocycles. The molecule has 1 atom stereocenters. The van der Waals surface area contributed by atoms with Crippen LogP contribution < -0.4 is 5.32 Å². The van der Waals surface area contributed by atoms with Gasteiger partial charge in [-0.2, -0.15) is 0 Å². The van der Waals surface area contributed by atoms with Crippen LogP contribution >= 0.6 is 0 Å². The van der Waals surface area contributed by atoms with E-state index in [0.29, 0.717) is 32.4 Å². The first-order valence-electron chi connectivity index (χ1n) is 9.89. The molecule has 29 heavy (non-hydrogen) atoms. The van der Waals surface area contributed by atoms with Crippen LogP contribution in [0.25, 0.3) is 0 Å². The van der Waals surface area contributed by atoms with E-state index in [-0.39, 0.29) is 24.2 Å². The van der Waals surface area contributed by atoms with Crippen molar-refractivity contribution in [1.29, 1.82) is 0 Å². The van der Waals surface area contributed by atoms with Crippen LogP contribution in [0, 0.1) is 5.82 Å². The van der Waals surface area contributed by atoms with Crippen LogP contribution in [0.15, 0.2) is 54.6 Å². The van der Waals surface area contributed by atoms with Gasteiger partial charge in [0.05, 0.1) is 6.61 Å². The summed E-state index contributed by atoms with van der Waals surface area (Å²) in [7, 11) is 1.57. The van der Waals surface area contributed by atoms with E-state index in [1.807, 2.05) is 37.3 Å². The molecule has 0 fully saturated rings. The van der Waals surface area contributed by atoms with Gasteiger partial charge >= 0.3 is 0 Å². The maximum atomic E-state index is 13.3. The van der Waals surface area contributed by atoms with Crippen molar-refractivity contribution < 1.29 is 18.7 Å². The van der Waals surface area contributed by atoms with Crippen LogP contribution in [-0.4, -0.2) is 43.0 Å². The first kappa shape index (κ1) is 22.6. The van der Waals surface area contributed by atoms with Crippen LogP contribution in [0.4, 0.5) is 4.39 Å². The molecule has 0 aliphatic carbocycles. The highest BCUT2D eigenvalue weighted by Crippen LogP contribution is 2.16. The van der Waals surface area contributed by atoms with Crippen molar-refractivity contribution in [2.24, 2.45) is 0 Å². The highest BCUT2D eigenvalue weighted by molar-refractivity contribution is 5.88. The Labute approximate surface area is 171 Å². The van der Waals surface area contributed by atoms with Crippen LogP contribution in [-0.2, 0) is 27.3 Å². The predicted molar refractivity (Wildman–Crippen MR) is 111 cm³/mol. The Hall–Kier alpha value is -2.73. The van der Waals surface area contributed by atoms with Crippen molar-refractivity contribution >= 4 is 11.8 Å². The lowest BCUT2D eigenvalue weighted by molar-refractivity contribution is -0.141. The van der Waals surface area contributed by atoms with Crippen molar-refractivity contribution in [2.75, 3.05) is 20.3 Å². The second-order valence-corrected chi connectivity index (χ2v) is 6.89. The van der Waals surface area contributed by atoms with Crippen LogP contribution in [0.5, 0.6) is 0 Å². The zero-order chi connectivity index (χ0) is 21.1. The van der Waals surface area contributed by atoms with Gasteiger partial charge in [-0.25, -0.2) is 4.39 Å². The summed E-state index contributed by atoms with van der Waals surface area (Å²) >= 11 is 0. The van der Waals surface area contributed by atoms with E-state index in [4.69, 9.17) is 4.74 Å². The number of nitrogens with one attached hydrogen (secondary N) is 1. The Morgan fingerprint density at radius 2 is 1.76 bits per heavy atom. The molecular formula is C23H29FN2O3. The minimum atomic E-state index is -0.668. The van der Waals surface area contributed by atoms with E-state index < -0.39 is 6.04 Å². The molecule has 0 aliphatic heterocycles. The summed E-state index contributed by atoms with van der Waals surface area (Å²) in [5.74, 6) is -0.657. The third-order valence-electron chi connectivity index (χ3n) is 4.61. The molecule has 2 amide bonds. The van der Waals surface area contributed by atoms with Crippen LogP contribution in [0.3, 0.4) is 0 Å². The number of nitrogens with zero attached hydrogens (tertiary/aromatic N) is 1. The van der Waals surface area contributed by atoms with Crippen molar-refractivity contribution in [2.45, 2.75) is 38.8 Å². The number of methoxy groups -OCH3 is 1. The molecule has 0 unspecified atom stereocenters. The Morgan fingerprint density at radius 1 is 1.07 bits per heavy atom. The Bertz CT molecular complexity index is 765. The lowest BCUT2D eigenvalue weighted by Gasteiger charge is -2.31. The number of carbonyl (C=O) groups excluding carboxylic acids is 2. The molecule has 5 nitrogen and oxygen atoms in total. The standard InChI is InChI=1S/C23H29FN2O3/c1-3-7-22(27)26(17-19-10-12-20(24)13-11-19)21(23(28)25-14-15-29-2)16-18-8-5-4-6-9-18/h4-6,8-13,21H,3,7,14-17H2,1-2H3,(H,25,28)/t21-/m0/s1. The summed E-state index contributed by atoms with van der Waals surface area (Å²) in [5.41, 5.74) is 1.74. The largest absolute Gasteiger partial charge is 0.383 e. The van der Waals surface area contributed by atoms with Crippen LogP contribution in [0.1, 0.15) is 30.9 Å². The first-order valence-corrected chi connectivity index (χ1v) is 9.89. The summed E-state index contributed by atoms with van der Waals surface area (Å²) in [6.07, 6.45) is 1.43. The number of carbonyl (C=O) groups is 2. The molecule has 0 bridgehead atoms. The van der Waals surface area contributed by atoms with Gasteiger partial charge in [0.2, 0.25) is 11.8 Å². The summed E-state index contributed by atoms with van der Waals surface area (Å²) < 4.78 is 18.3. The van der Waals surface area contributed by atoms with Crippen molar-refractivity contribution in [3.63, 3.8) is 0 Å². The Kier molecular flexibility index (Phi) is 9.31. The quantitative estimate of drug-likeness (QED) is 0.589. The molecule has 2 aromatic rings. The molecular weight excluding hydrogens is 371 g/mol. The molecule has 0 saturated carbocycles. The zero-order valence-electron chi connectivity index (χ0n) is 17.1. The van der Waals surface area contributed by atoms with Crippen LogP contribution in [0.2, 0.25) is 0 Å². The molecule has 0 aromatic heterocycles. The van der Waals surface area contributed by atoms with E-state index in [1.165, 1.54) is 12.1 Å². The molecule has 2 rings (SSSR count). The average molecular weight is 400 g/mol. The van der Waals surface area contributed by atoms with Gasteiger partial charge in [0.1, 0.15) is 11.9 Å². The molecule has 6 heteroatoms. The van der Waals surface area contributed by atoms with Gasteiger partial charge in [-0.3, -0.25) is 9.59 Å². The van der Waals surface area contributed by atoms with Gasteiger partial charge in [-0.05, 0) is 29.7 Å². The van der Waals surface area contributed by atoms with Gasteiger partial charge in [-0.15, -0.1) is 0 Å².